The van der Waals surface area contributed by atoms with E-state index in [2.05, 4.69) is 10.6 Å². The Morgan fingerprint density at radius 1 is 1.18 bits per heavy atom. The molecule has 6 heteroatoms. The Morgan fingerprint density at radius 2 is 2.00 bits per heavy atom. The van der Waals surface area contributed by atoms with Crippen molar-refractivity contribution in [2.75, 3.05) is 11.9 Å². The van der Waals surface area contributed by atoms with Gasteiger partial charge in [0.25, 0.3) is 0 Å². The van der Waals surface area contributed by atoms with Gasteiger partial charge in [-0.15, -0.1) is 11.3 Å². The molecular weight excluding hydrogens is 300 g/mol. The number of para-hydroxylation sites is 1. The zero-order chi connectivity index (χ0) is 15.8. The fraction of sp³-hybridized carbons (Fsp3) is 0.250. The van der Waals surface area contributed by atoms with Crippen molar-refractivity contribution in [1.82, 2.24) is 5.32 Å². The van der Waals surface area contributed by atoms with Crippen LogP contribution >= 0.6 is 11.3 Å². The second-order valence-corrected chi connectivity index (χ2v) is 5.56. The van der Waals surface area contributed by atoms with Gasteiger partial charge in [0.2, 0.25) is 0 Å². The van der Waals surface area contributed by atoms with Crippen molar-refractivity contribution in [3.05, 3.63) is 52.2 Å². The Bertz CT molecular complexity index is 626. The van der Waals surface area contributed by atoms with Crippen LogP contribution in [-0.4, -0.2) is 18.6 Å². The van der Waals surface area contributed by atoms with Crippen LogP contribution in [-0.2, 0) is 22.5 Å². The number of esters is 1. The van der Waals surface area contributed by atoms with E-state index >= 15 is 0 Å². The van der Waals surface area contributed by atoms with Gasteiger partial charge in [-0.05, 0) is 30.0 Å². The molecule has 0 bridgehead atoms. The third kappa shape index (κ3) is 4.89. The molecule has 1 aromatic heterocycles. The Hall–Kier alpha value is -2.34. The molecular formula is C16H18N2O3S. The maximum Gasteiger partial charge on any atom is 0.319 e. The molecule has 22 heavy (non-hydrogen) atoms. The summed E-state index contributed by atoms with van der Waals surface area (Å²) in [5, 5.41) is 7.51. The summed E-state index contributed by atoms with van der Waals surface area (Å²) in [6.07, 6.45) is 0.134. The number of hydrogen-bond donors (Lipinski definition) is 2. The topological polar surface area (TPSA) is 67.4 Å². The number of benzene rings is 1. The number of amides is 2. The number of anilines is 1. The van der Waals surface area contributed by atoms with Gasteiger partial charge in [-0.25, -0.2) is 4.79 Å². The summed E-state index contributed by atoms with van der Waals surface area (Å²) in [5.74, 6) is -0.309. The lowest BCUT2D eigenvalue weighted by Gasteiger charge is -2.11. The van der Waals surface area contributed by atoms with E-state index in [1.54, 1.807) is 30.4 Å². The zero-order valence-electron chi connectivity index (χ0n) is 12.3. The van der Waals surface area contributed by atoms with Crippen molar-refractivity contribution in [2.24, 2.45) is 0 Å². The van der Waals surface area contributed by atoms with Crippen molar-refractivity contribution in [3.8, 4) is 0 Å². The molecule has 0 saturated carbocycles. The van der Waals surface area contributed by atoms with E-state index in [-0.39, 0.29) is 18.4 Å². The van der Waals surface area contributed by atoms with Crippen LogP contribution in [0.1, 0.15) is 17.4 Å². The molecule has 2 rings (SSSR count). The highest BCUT2D eigenvalue weighted by Crippen LogP contribution is 2.16. The fourth-order valence-corrected chi connectivity index (χ4v) is 2.56. The molecule has 0 aliphatic heterocycles. The van der Waals surface area contributed by atoms with E-state index in [1.165, 1.54) is 0 Å². The number of thiophene rings is 1. The smallest absolute Gasteiger partial charge is 0.319 e. The average molecular weight is 318 g/mol. The van der Waals surface area contributed by atoms with E-state index in [1.807, 2.05) is 29.6 Å². The van der Waals surface area contributed by atoms with Crippen molar-refractivity contribution in [2.45, 2.75) is 19.9 Å². The number of carbonyl (C=O) groups is 2. The molecule has 0 fully saturated rings. The van der Waals surface area contributed by atoms with Crippen LogP contribution in [0, 0.1) is 0 Å². The third-order valence-corrected chi connectivity index (χ3v) is 3.79. The highest BCUT2D eigenvalue weighted by molar-refractivity contribution is 7.09. The van der Waals surface area contributed by atoms with E-state index < -0.39 is 0 Å². The van der Waals surface area contributed by atoms with E-state index in [0.29, 0.717) is 18.8 Å². The van der Waals surface area contributed by atoms with Gasteiger partial charge in [0.05, 0.1) is 19.6 Å². The highest BCUT2D eigenvalue weighted by Gasteiger charge is 2.10. The van der Waals surface area contributed by atoms with Crippen molar-refractivity contribution in [3.63, 3.8) is 0 Å². The first-order valence-corrected chi connectivity index (χ1v) is 7.87. The Kier molecular flexibility index (Phi) is 5.97. The minimum atomic E-state index is -0.309. The van der Waals surface area contributed by atoms with Crippen LogP contribution < -0.4 is 10.6 Å². The van der Waals surface area contributed by atoms with Gasteiger partial charge in [0.15, 0.2) is 0 Å². The van der Waals surface area contributed by atoms with Crippen LogP contribution in [0.5, 0.6) is 0 Å². The van der Waals surface area contributed by atoms with E-state index in [0.717, 1.165) is 10.4 Å². The Morgan fingerprint density at radius 3 is 2.73 bits per heavy atom. The van der Waals surface area contributed by atoms with Crippen LogP contribution in [0.15, 0.2) is 41.8 Å². The molecule has 5 nitrogen and oxygen atoms in total. The highest BCUT2D eigenvalue weighted by atomic mass is 32.1. The lowest BCUT2D eigenvalue weighted by Crippen LogP contribution is -2.28. The van der Waals surface area contributed by atoms with Gasteiger partial charge < -0.3 is 15.4 Å². The molecule has 0 atom stereocenters. The molecule has 2 aromatic rings. The molecule has 2 amide bonds. The summed E-state index contributed by atoms with van der Waals surface area (Å²) in [4.78, 5) is 24.6. The van der Waals surface area contributed by atoms with E-state index in [9.17, 15) is 9.59 Å². The summed E-state index contributed by atoms with van der Waals surface area (Å²) in [6.45, 7) is 2.58. The van der Waals surface area contributed by atoms with Gasteiger partial charge in [0.1, 0.15) is 0 Å². The number of ether oxygens (including phenoxy) is 1. The van der Waals surface area contributed by atoms with Crippen molar-refractivity contribution >= 4 is 29.0 Å². The molecule has 116 valence electrons. The predicted molar refractivity (Wildman–Crippen MR) is 87.0 cm³/mol. The standard InChI is InChI=1S/C16H18N2O3S/c1-2-21-15(19)10-12-6-3-4-8-14(12)18-16(20)17-11-13-7-5-9-22-13/h3-9H,2,10-11H2,1H3,(H2,17,18,20). The Balaban J connectivity index is 1.93. The zero-order valence-corrected chi connectivity index (χ0v) is 13.1. The van der Waals surface area contributed by atoms with Gasteiger partial charge in [-0.2, -0.15) is 0 Å². The van der Waals surface area contributed by atoms with Crippen LogP contribution in [0.25, 0.3) is 0 Å². The molecule has 1 heterocycles. The minimum Gasteiger partial charge on any atom is -0.466 e. The maximum absolute atomic E-state index is 11.9. The van der Waals surface area contributed by atoms with Crippen LogP contribution in [0.2, 0.25) is 0 Å². The number of urea groups is 1. The number of nitrogens with one attached hydrogen (secondary N) is 2. The van der Waals surface area contributed by atoms with Crippen LogP contribution in [0.3, 0.4) is 0 Å². The molecule has 0 radical (unpaired) electrons. The molecule has 0 unspecified atom stereocenters. The first-order chi connectivity index (χ1) is 10.7. The largest absolute Gasteiger partial charge is 0.466 e. The first-order valence-electron chi connectivity index (χ1n) is 6.99. The number of rotatable bonds is 6. The summed E-state index contributed by atoms with van der Waals surface area (Å²) >= 11 is 1.58. The van der Waals surface area contributed by atoms with Gasteiger partial charge in [0, 0.05) is 10.6 Å². The molecule has 0 saturated heterocycles. The van der Waals surface area contributed by atoms with E-state index in [4.69, 9.17) is 4.74 Å². The SMILES string of the molecule is CCOC(=O)Cc1ccccc1NC(=O)NCc1cccs1. The van der Waals surface area contributed by atoms with Gasteiger partial charge >= 0.3 is 12.0 Å². The quantitative estimate of drug-likeness (QED) is 0.804. The van der Waals surface area contributed by atoms with Crippen LogP contribution in [0.4, 0.5) is 10.5 Å². The second-order valence-electron chi connectivity index (χ2n) is 4.53. The second kappa shape index (κ2) is 8.19. The summed E-state index contributed by atoms with van der Waals surface area (Å²) in [7, 11) is 0. The predicted octanol–water partition coefficient (Wildman–Crippen LogP) is 3.18. The first kappa shape index (κ1) is 16.0. The number of carbonyl (C=O) groups excluding carboxylic acids is 2. The summed E-state index contributed by atoms with van der Waals surface area (Å²) in [5.41, 5.74) is 1.34. The van der Waals surface area contributed by atoms with Crippen molar-refractivity contribution in [1.29, 1.82) is 0 Å². The average Bonchev–Trinajstić information content (AvgIpc) is 3.01. The maximum atomic E-state index is 11.9. The lowest BCUT2D eigenvalue weighted by atomic mass is 10.1. The van der Waals surface area contributed by atoms with Gasteiger partial charge in [-0.3, -0.25) is 4.79 Å². The summed E-state index contributed by atoms with van der Waals surface area (Å²) < 4.78 is 4.94. The normalized spacial score (nSPS) is 10.0. The molecule has 2 N–H and O–H groups in total. The number of hydrogen-bond acceptors (Lipinski definition) is 4. The van der Waals surface area contributed by atoms with Gasteiger partial charge in [-0.1, -0.05) is 24.3 Å². The van der Waals surface area contributed by atoms with Crippen molar-refractivity contribution < 1.29 is 14.3 Å². The monoisotopic (exact) mass is 318 g/mol. The minimum absolute atomic E-state index is 0.134. The third-order valence-electron chi connectivity index (χ3n) is 2.91. The lowest BCUT2D eigenvalue weighted by molar-refractivity contribution is -0.142. The Labute approximate surface area is 133 Å². The fourth-order valence-electron chi connectivity index (χ4n) is 1.91. The summed E-state index contributed by atoms with van der Waals surface area (Å²) in [6, 6.07) is 10.8. The molecule has 1 aromatic carbocycles. The molecule has 0 aliphatic rings. The molecule has 0 spiro atoms. The molecule has 0 aliphatic carbocycles.